The lowest BCUT2D eigenvalue weighted by Crippen LogP contribution is -2.25. The van der Waals surface area contributed by atoms with Crippen molar-refractivity contribution in [2.75, 3.05) is 5.32 Å². The van der Waals surface area contributed by atoms with Crippen molar-refractivity contribution in [2.45, 2.75) is 50.0 Å². The quantitative estimate of drug-likeness (QED) is 0.830. The molecule has 1 saturated carbocycles. The number of nitrogens with one attached hydrogen (secondary N) is 2. The van der Waals surface area contributed by atoms with E-state index in [1.807, 2.05) is 20.8 Å². The van der Waals surface area contributed by atoms with Gasteiger partial charge in [0.1, 0.15) is 5.01 Å². The molecule has 2 aromatic rings. The highest BCUT2D eigenvalue weighted by atomic mass is 32.2. The SMILES string of the molecule is CC(C)(C)c1nnc(NC(=O)c2ccc(S(=O)(=O)NC3CC3)cc2)s1. The first kappa shape index (κ1) is 18.0. The summed E-state index contributed by atoms with van der Waals surface area (Å²) in [7, 11) is -3.51. The van der Waals surface area contributed by atoms with E-state index in [-0.39, 0.29) is 22.3 Å². The smallest absolute Gasteiger partial charge is 0.257 e. The fourth-order valence-corrected chi connectivity index (χ4v) is 4.12. The molecule has 1 amide bonds. The van der Waals surface area contributed by atoms with Gasteiger partial charge in [0.25, 0.3) is 5.91 Å². The van der Waals surface area contributed by atoms with Crippen LogP contribution in [0.3, 0.4) is 0 Å². The zero-order chi connectivity index (χ0) is 18.2. The predicted octanol–water partition coefficient (Wildman–Crippen LogP) is 2.53. The minimum atomic E-state index is -3.51. The molecule has 25 heavy (non-hydrogen) atoms. The maximum atomic E-state index is 12.3. The highest BCUT2D eigenvalue weighted by molar-refractivity contribution is 7.89. The summed E-state index contributed by atoms with van der Waals surface area (Å²) in [6.07, 6.45) is 1.75. The summed E-state index contributed by atoms with van der Waals surface area (Å²) in [6.45, 7) is 6.07. The van der Waals surface area contributed by atoms with Crippen LogP contribution in [0.15, 0.2) is 29.2 Å². The first-order valence-electron chi connectivity index (χ1n) is 7.93. The van der Waals surface area contributed by atoms with Gasteiger partial charge in [-0.2, -0.15) is 0 Å². The highest BCUT2D eigenvalue weighted by Gasteiger charge is 2.28. The van der Waals surface area contributed by atoms with E-state index in [0.29, 0.717) is 10.7 Å². The van der Waals surface area contributed by atoms with Crippen LogP contribution in [-0.4, -0.2) is 30.6 Å². The van der Waals surface area contributed by atoms with Crippen LogP contribution < -0.4 is 10.0 Å². The van der Waals surface area contributed by atoms with Gasteiger partial charge >= 0.3 is 0 Å². The maximum absolute atomic E-state index is 12.3. The van der Waals surface area contributed by atoms with Crippen LogP contribution in [0.1, 0.15) is 49.0 Å². The van der Waals surface area contributed by atoms with Crippen LogP contribution in [0, 0.1) is 0 Å². The molecule has 1 aromatic carbocycles. The fourth-order valence-electron chi connectivity index (χ4n) is 2.02. The first-order valence-corrected chi connectivity index (χ1v) is 10.2. The number of hydrogen-bond acceptors (Lipinski definition) is 6. The molecule has 0 unspecified atom stereocenters. The van der Waals surface area contributed by atoms with Crippen molar-refractivity contribution in [3.05, 3.63) is 34.8 Å². The van der Waals surface area contributed by atoms with Crippen molar-refractivity contribution in [1.82, 2.24) is 14.9 Å². The molecule has 0 radical (unpaired) electrons. The zero-order valence-electron chi connectivity index (χ0n) is 14.2. The Balaban J connectivity index is 1.69. The Morgan fingerprint density at radius 3 is 2.32 bits per heavy atom. The second-order valence-corrected chi connectivity index (χ2v) is 9.73. The fraction of sp³-hybridized carbons (Fsp3) is 0.438. The summed E-state index contributed by atoms with van der Waals surface area (Å²) in [5.74, 6) is -0.351. The number of aromatic nitrogens is 2. The van der Waals surface area contributed by atoms with Gasteiger partial charge in [-0.3, -0.25) is 10.1 Å². The summed E-state index contributed by atoms with van der Waals surface area (Å²) in [4.78, 5) is 12.4. The molecule has 3 rings (SSSR count). The molecule has 2 N–H and O–H groups in total. The Bertz CT molecular complexity index is 879. The van der Waals surface area contributed by atoms with E-state index in [0.717, 1.165) is 17.8 Å². The highest BCUT2D eigenvalue weighted by Crippen LogP contribution is 2.28. The van der Waals surface area contributed by atoms with Gasteiger partial charge in [-0.05, 0) is 37.1 Å². The Kier molecular flexibility index (Phi) is 4.65. The van der Waals surface area contributed by atoms with Crippen LogP contribution in [0.2, 0.25) is 0 Å². The molecule has 7 nitrogen and oxygen atoms in total. The Morgan fingerprint density at radius 2 is 1.80 bits per heavy atom. The van der Waals surface area contributed by atoms with Crippen molar-refractivity contribution in [2.24, 2.45) is 0 Å². The lowest BCUT2D eigenvalue weighted by atomic mass is 9.98. The molecular weight excluding hydrogens is 360 g/mol. The number of sulfonamides is 1. The lowest BCUT2D eigenvalue weighted by molar-refractivity contribution is 0.102. The number of hydrogen-bond donors (Lipinski definition) is 2. The lowest BCUT2D eigenvalue weighted by Gasteiger charge is -2.12. The molecule has 1 heterocycles. The first-order chi connectivity index (χ1) is 11.6. The number of benzene rings is 1. The Morgan fingerprint density at radius 1 is 1.16 bits per heavy atom. The van der Waals surface area contributed by atoms with Crippen molar-refractivity contribution >= 4 is 32.4 Å². The van der Waals surface area contributed by atoms with E-state index in [1.165, 1.54) is 35.6 Å². The van der Waals surface area contributed by atoms with Crippen LogP contribution >= 0.6 is 11.3 Å². The zero-order valence-corrected chi connectivity index (χ0v) is 15.9. The van der Waals surface area contributed by atoms with Crippen LogP contribution in [0.5, 0.6) is 0 Å². The standard InChI is InChI=1S/C16H20N4O3S2/c1-16(2,3)14-18-19-15(24-14)17-13(21)10-4-8-12(9-5-10)25(22,23)20-11-6-7-11/h4-5,8-9,11,20H,6-7H2,1-3H3,(H,17,19,21). The molecule has 0 atom stereocenters. The number of anilines is 1. The second kappa shape index (κ2) is 6.47. The number of carbonyl (C=O) groups excluding carboxylic acids is 1. The van der Waals surface area contributed by atoms with E-state index >= 15 is 0 Å². The van der Waals surface area contributed by atoms with Gasteiger partial charge in [0.2, 0.25) is 15.2 Å². The molecule has 0 spiro atoms. The van der Waals surface area contributed by atoms with E-state index in [9.17, 15) is 13.2 Å². The topological polar surface area (TPSA) is 101 Å². The van der Waals surface area contributed by atoms with Crippen LogP contribution in [-0.2, 0) is 15.4 Å². The molecule has 1 aliphatic carbocycles. The van der Waals surface area contributed by atoms with Crippen LogP contribution in [0.4, 0.5) is 5.13 Å². The van der Waals surface area contributed by atoms with Crippen molar-refractivity contribution in [3.63, 3.8) is 0 Å². The van der Waals surface area contributed by atoms with Crippen molar-refractivity contribution in [3.8, 4) is 0 Å². The van der Waals surface area contributed by atoms with Gasteiger partial charge < -0.3 is 0 Å². The van der Waals surface area contributed by atoms with Crippen LogP contribution in [0.25, 0.3) is 0 Å². The molecular formula is C16H20N4O3S2. The third-order valence-corrected chi connectivity index (χ3v) is 6.41. The Hall–Kier alpha value is -1.84. The summed E-state index contributed by atoms with van der Waals surface area (Å²) >= 11 is 1.32. The minimum absolute atomic E-state index is 0.0439. The minimum Gasteiger partial charge on any atom is -0.296 e. The molecule has 134 valence electrons. The summed E-state index contributed by atoms with van der Waals surface area (Å²) < 4.78 is 26.9. The molecule has 1 aliphatic rings. The second-order valence-electron chi connectivity index (χ2n) is 7.04. The molecule has 1 fully saturated rings. The van der Waals surface area contributed by atoms with E-state index in [2.05, 4.69) is 20.2 Å². The number of rotatable bonds is 5. The summed E-state index contributed by atoms with van der Waals surface area (Å²) in [5, 5.41) is 12.0. The molecule has 0 aliphatic heterocycles. The Labute approximate surface area is 150 Å². The number of carbonyl (C=O) groups is 1. The van der Waals surface area contributed by atoms with Gasteiger partial charge in [-0.25, -0.2) is 13.1 Å². The molecule has 1 aromatic heterocycles. The van der Waals surface area contributed by atoms with Gasteiger partial charge in [0.05, 0.1) is 4.90 Å². The monoisotopic (exact) mass is 380 g/mol. The average molecular weight is 380 g/mol. The summed E-state index contributed by atoms with van der Waals surface area (Å²) in [6, 6.07) is 5.88. The van der Waals surface area contributed by atoms with Gasteiger partial charge in [-0.15, -0.1) is 10.2 Å². The van der Waals surface area contributed by atoms with E-state index < -0.39 is 10.0 Å². The van der Waals surface area contributed by atoms with Gasteiger partial charge in [0.15, 0.2) is 0 Å². The van der Waals surface area contributed by atoms with Crippen molar-refractivity contribution in [1.29, 1.82) is 0 Å². The van der Waals surface area contributed by atoms with Gasteiger partial charge in [0, 0.05) is 17.0 Å². The average Bonchev–Trinajstić information content (AvgIpc) is 3.19. The molecule has 9 heteroatoms. The number of nitrogens with zero attached hydrogens (tertiary/aromatic N) is 2. The summed E-state index contributed by atoms with van der Waals surface area (Å²) in [5.41, 5.74) is 0.225. The largest absolute Gasteiger partial charge is 0.296 e. The predicted molar refractivity (Wildman–Crippen MR) is 96.3 cm³/mol. The normalized spacial score (nSPS) is 15.2. The maximum Gasteiger partial charge on any atom is 0.257 e. The third kappa shape index (κ3) is 4.42. The molecule has 0 bridgehead atoms. The molecule has 0 saturated heterocycles. The van der Waals surface area contributed by atoms with Crippen molar-refractivity contribution < 1.29 is 13.2 Å². The van der Waals surface area contributed by atoms with E-state index in [1.54, 1.807) is 0 Å². The van der Waals surface area contributed by atoms with Gasteiger partial charge in [-0.1, -0.05) is 32.1 Å². The third-order valence-electron chi connectivity index (χ3n) is 3.61. The number of amides is 1. The van der Waals surface area contributed by atoms with E-state index in [4.69, 9.17) is 0 Å².